The van der Waals surface area contributed by atoms with E-state index in [0.717, 1.165) is 0 Å². The van der Waals surface area contributed by atoms with Crippen molar-refractivity contribution in [3.05, 3.63) is 48.6 Å². The number of hydrogen-bond donors (Lipinski definition) is 3. The zero-order valence-electron chi connectivity index (χ0n) is 10.8. The van der Waals surface area contributed by atoms with Crippen molar-refractivity contribution in [3.8, 4) is 0 Å². The lowest BCUT2D eigenvalue weighted by Crippen LogP contribution is -2.45. The van der Waals surface area contributed by atoms with Crippen molar-refractivity contribution >= 4 is 11.9 Å². The van der Waals surface area contributed by atoms with E-state index in [1.807, 2.05) is 6.07 Å². The zero-order chi connectivity index (χ0) is 14.3. The standard InChI is InChI=1S/C14H18N2O3/c1-3-9-15-13(17)10(2)16-12(14(18)19)11-7-5-4-6-8-11/h3-8,10,12,16H,1,9H2,2H3,(H,15,17)(H,18,19). The van der Waals surface area contributed by atoms with Crippen LogP contribution in [0.25, 0.3) is 0 Å². The van der Waals surface area contributed by atoms with Crippen LogP contribution in [0.5, 0.6) is 0 Å². The molecule has 0 aromatic heterocycles. The Bertz CT molecular complexity index is 445. The van der Waals surface area contributed by atoms with Crippen LogP contribution in [0.4, 0.5) is 0 Å². The summed E-state index contributed by atoms with van der Waals surface area (Å²) in [5, 5.41) is 14.6. The first-order valence-corrected chi connectivity index (χ1v) is 5.98. The summed E-state index contributed by atoms with van der Waals surface area (Å²) in [5.74, 6) is -1.28. The molecule has 0 fully saturated rings. The van der Waals surface area contributed by atoms with E-state index in [1.54, 1.807) is 37.3 Å². The van der Waals surface area contributed by atoms with E-state index in [4.69, 9.17) is 0 Å². The third kappa shape index (κ3) is 4.56. The molecule has 2 atom stereocenters. The zero-order valence-corrected chi connectivity index (χ0v) is 10.8. The molecule has 1 aromatic carbocycles. The molecular weight excluding hydrogens is 244 g/mol. The predicted octanol–water partition coefficient (Wildman–Crippen LogP) is 1.09. The molecule has 0 radical (unpaired) electrons. The Labute approximate surface area is 112 Å². The molecule has 0 bridgehead atoms. The fourth-order valence-corrected chi connectivity index (χ4v) is 1.61. The van der Waals surface area contributed by atoms with Crippen molar-refractivity contribution in [2.75, 3.05) is 6.54 Å². The normalized spacial score (nSPS) is 13.3. The number of carboxylic acids is 1. The highest BCUT2D eigenvalue weighted by atomic mass is 16.4. The summed E-state index contributed by atoms with van der Waals surface area (Å²) in [6.45, 7) is 5.48. The number of carboxylic acid groups (broad SMARTS) is 1. The molecule has 0 heterocycles. The van der Waals surface area contributed by atoms with Gasteiger partial charge in [-0.1, -0.05) is 36.4 Å². The molecule has 3 N–H and O–H groups in total. The second kappa shape index (κ2) is 7.33. The van der Waals surface area contributed by atoms with Gasteiger partial charge < -0.3 is 10.4 Å². The van der Waals surface area contributed by atoms with Gasteiger partial charge in [-0.3, -0.25) is 14.9 Å². The van der Waals surface area contributed by atoms with Crippen molar-refractivity contribution < 1.29 is 14.7 Å². The molecule has 0 saturated carbocycles. The minimum absolute atomic E-state index is 0.262. The quantitative estimate of drug-likeness (QED) is 0.643. The van der Waals surface area contributed by atoms with Crippen molar-refractivity contribution in [3.63, 3.8) is 0 Å². The Morgan fingerprint density at radius 1 is 1.37 bits per heavy atom. The third-order valence-corrected chi connectivity index (χ3v) is 2.61. The number of nitrogens with one attached hydrogen (secondary N) is 2. The van der Waals surface area contributed by atoms with Crippen LogP contribution in [-0.2, 0) is 9.59 Å². The van der Waals surface area contributed by atoms with E-state index in [1.165, 1.54) is 0 Å². The molecule has 1 amide bonds. The van der Waals surface area contributed by atoms with Gasteiger partial charge >= 0.3 is 5.97 Å². The topological polar surface area (TPSA) is 78.4 Å². The number of rotatable bonds is 7. The van der Waals surface area contributed by atoms with E-state index in [2.05, 4.69) is 17.2 Å². The van der Waals surface area contributed by atoms with Gasteiger partial charge in [-0.2, -0.15) is 0 Å². The van der Waals surface area contributed by atoms with Crippen molar-refractivity contribution in [1.82, 2.24) is 10.6 Å². The first-order valence-electron chi connectivity index (χ1n) is 5.98. The van der Waals surface area contributed by atoms with Crippen molar-refractivity contribution in [2.24, 2.45) is 0 Å². The summed E-state index contributed by atoms with van der Waals surface area (Å²) in [5.41, 5.74) is 0.610. The molecule has 1 aromatic rings. The molecule has 19 heavy (non-hydrogen) atoms. The molecule has 102 valence electrons. The highest BCUT2D eigenvalue weighted by Gasteiger charge is 2.24. The SMILES string of the molecule is C=CCNC(=O)C(C)NC(C(=O)O)c1ccccc1. The highest BCUT2D eigenvalue weighted by Crippen LogP contribution is 2.13. The minimum Gasteiger partial charge on any atom is -0.480 e. The van der Waals surface area contributed by atoms with Crippen molar-refractivity contribution in [2.45, 2.75) is 19.0 Å². The maximum atomic E-state index is 11.7. The van der Waals surface area contributed by atoms with Gasteiger partial charge in [-0.15, -0.1) is 6.58 Å². The molecule has 0 aliphatic heterocycles. The van der Waals surface area contributed by atoms with Gasteiger partial charge in [0.2, 0.25) is 5.91 Å². The highest BCUT2D eigenvalue weighted by molar-refractivity contribution is 5.83. The van der Waals surface area contributed by atoms with E-state index in [-0.39, 0.29) is 5.91 Å². The second-order valence-corrected chi connectivity index (χ2v) is 4.10. The van der Waals surface area contributed by atoms with Gasteiger partial charge in [0.05, 0.1) is 6.04 Å². The maximum absolute atomic E-state index is 11.7. The monoisotopic (exact) mass is 262 g/mol. The fraction of sp³-hybridized carbons (Fsp3) is 0.286. The number of benzene rings is 1. The molecule has 2 unspecified atom stereocenters. The molecular formula is C14H18N2O3. The average Bonchev–Trinajstić information content (AvgIpc) is 2.42. The van der Waals surface area contributed by atoms with E-state index < -0.39 is 18.1 Å². The molecule has 0 saturated heterocycles. The van der Waals surface area contributed by atoms with Crippen LogP contribution in [-0.4, -0.2) is 29.6 Å². The van der Waals surface area contributed by atoms with Crippen LogP contribution in [0, 0.1) is 0 Å². The summed E-state index contributed by atoms with van der Waals surface area (Å²) in [6, 6.07) is 7.22. The summed E-state index contributed by atoms with van der Waals surface area (Å²) in [6.07, 6.45) is 1.57. The largest absolute Gasteiger partial charge is 0.480 e. The first-order chi connectivity index (χ1) is 9.06. The lowest BCUT2D eigenvalue weighted by atomic mass is 10.1. The Morgan fingerprint density at radius 3 is 2.53 bits per heavy atom. The summed E-state index contributed by atoms with van der Waals surface area (Å²) in [4.78, 5) is 22.9. The van der Waals surface area contributed by atoms with E-state index in [9.17, 15) is 14.7 Å². The lowest BCUT2D eigenvalue weighted by molar-refractivity contribution is -0.140. The molecule has 1 rings (SSSR count). The fourth-order valence-electron chi connectivity index (χ4n) is 1.61. The van der Waals surface area contributed by atoms with E-state index >= 15 is 0 Å². The number of carbonyl (C=O) groups is 2. The summed E-state index contributed by atoms with van der Waals surface area (Å²) >= 11 is 0. The first kappa shape index (κ1) is 14.9. The van der Waals surface area contributed by atoms with Crippen LogP contribution in [0.2, 0.25) is 0 Å². The van der Waals surface area contributed by atoms with Gasteiger partial charge in [0, 0.05) is 6.54 Å². The van der Waals surface area contributed by atoms with Crippen LogP contribution >= 0.6 is 0 Å². The van der Waals surface area contributed by atoms with Gasteiger partial charge in [0.1, 0.15) is 6.04 Å². The summed E-state index contributed by atoms with van der Waals surface area (Å²) < 4.78 is 0. The van der Waals surface area contributed by atoms with Crippen molar-refractivity contribution in [1.29, 1.82) is 0 Å². The number of amides is 1. The Morgan fingerprint density at radius 2 is 2.00 bits per heavy atom. The Kier molecular flexibility index (Phi) is 5.75. The maximum Gasteiger partial charge on any atom is 0.325 e. The minimum atomic E-state index is -1.02. The molecule has 5 heteroatoms. The smallest absolute Gasteiger partial charge is 0.325 e. The third-order valence-electron chi connectivity index (χ3n) is 2.61. The Balaban J connectivity index is 2.72. The predicted molar refractivity (Wildman–Crippen MR) is 72.6 cm³/mol. The van der Waals surface area contributed by atoms with Gasteiger partial charge in [-0.05, 0) is 12.5 Å². The average molecular weight is 262 g/mol. The molecule has 0 aliphatic rings. The van der Waals surface area contributed by atoms with Crippen LogP contribution in [0.3, 0.4) is 0 Å². The van der Waals surface area contributed by atoms with Gasteiger partial charge in [0.25, 0.3) is 0 Å². The van der Waals surface area contributed by atoms with E-state index in [0.29, 0.717) is 12.1 Å². The lowest BCUT2D eigenvalue weighted by Gasteiger charge is -2.19. The number of aliphatic carboxylic acids is 1. The second-order valence-electron chi connectivity index (χ2n) is 4.10. The molecule has 0 aliphatic carbocycles. The van der Waals surface area contributed by atoms with Crippen LogP contribution in [0.15, 0.2) is 43.0 Å². The molecule has 0 spiro atoms. The number of carbonyl (C=O) groups excluding carboxylic acids is 1. The van der Waals surface area contributed by atoms with Gasteiger partial charge in [-0.25, -0.2) is 0 Å². The number of hydrogen-bond acceptors (Lipinski definition) is 3. The van der Waals surface area contributed by atoms with Crippen LogP contribution in [0.1, 0.15) is 18.5 Å². The molecule has 5 nitrogen and oxygen atoms in total. The van der Waals surface area contributed by atoms with Crippen LogP contribution < -0.4 is 10.6 Å². The van der Waals surface area contributed by atoms with Gasteiger partial charge in [0.15, 0.2) is 0 Å². The summed E-state index contributed by atoms with van der Waals surface area (Å²) in [7, 11) is 0. The Hall–Kier alpha value is -2.14.